The Hall–Kier alpha value is -1.55. The molecule has 1 aromatic rings. The van der Waals surface area contributed by atoms with Gasteiger partial charge in [0, 0.05) is 30.9 Å². The molecule has 0 saturated carbocycles. The number of hydrogen-bond acceptors (Lipinski definition) is 3. The summed E-state index contributed by atoms with van der Waals surface area (Å²) >= 11 is 0. The van der Waals surface area contributed by atoms with Crippen molar-refractivity contribution in [1.82, 2.24) is 4.90 Å². The number of nitrogens with zero attached hydrogens (tertiary/aromatic N) is 1. The molecule has 4 nitrogen and oxygen atoms in total. The van der Waals surface area contributed by atoms with Gasteiger partial charge in [-0.1, -0.05) is 20.8 Å². The van der Waals surface area contributed by atoms with Crippen LogP contribution >= 0.6 is 0 Å². The summed E-state index contributed by atoms with van der Waals surface area (Å²) in [6, 6.07) is 7.21. The second-order valence-corrected chi connectivity index (χ2v) is 5.21. The second-order valence-electron chi connectivity index (χ2n) is 5.21. The summed E-state index contributed by atoms with van der Waals surface area (Å²) in [7, 11) is 0. The number of carbonyl (C=O) groups excluding carboxylic acids is 1. The number of carbonyl (C=O) groups is 1. The van der Waals surface area contributed by atoms with Crippen LogP contribution in [-0.2, 0) is 4.79 Å². The SMILES string of the molecule is CCN(CCC(=O)Nc1ccc(N)cc1)CC(C)C. The number of nitrogens with one attached hydrogen (secondary N) is 1. The number of rotatable bonds is 7. The van der Waals surface area contributed by atoms with E-state index < -0.39 is 0 Å². The lowest BCUT2D eigenvalue weighted by Gasteiger charge is -2.22. The monoisotopic (exact) mass is 263 g/mol. The average Bonchev–Trinajstić information content (AvgIpc) is 2.37. The molecule has 0 aromatic heterocycles. The van der Waals surface area contributed by atoms with Gasteiger partial charge >= 0.3 is 0 Å². The highest BCUT2D eigenvalue weighted by Gasteiger charge is 2.08. The Morgan fingerprint density at radius 2 is 1.95 bits per heavy atom. The van der Waals surface area contributed by atoms with E-state index in [0.29, 0.717) is 18.0 Å². The van der Waals surface area contributed by atoms with E-state index in [4.69, 9.17) is 5.73 Å². The van der Waals surface area contributed by atoms with Crippen LogP contribution in [0.4, 0.5) is 11.4 Å². The van der Waals surface area contributed by atoms with Crippen LogP contribution in [0.3, 0.4) is 0 Å². The third-order valence-corrected chi connectivity index (χ3v) is 2.92. The van der Waals surface area contributed by atoms with Gasteiger partial charge in [0.05, 0.1) is 0 Å². The van der Waals surface area contributed by atoms with Crippen molar-refractivity contribution in [2.75, 3.05) is 30.7 Å². The quantitative estimate of drug-likeness (QED) is 0.743. The lowest BCUT2D eigenvalue weighted by Crippen LogP contribution is -2.31. The highest BCUT2D eigenvalue weighted by Crippen LogP contribution is 2.10. The summed E-state index contributed by atoms with van der Waals surface area (Å²) in [5, 5.41) is 2.88. The van der Waals surface area contributed by atoms with Gasteiger partial charge in [0.25, 0.3) is 0 Å². The van der Waals surface area contributed by atoms with E-state index in [1.165, 1.54) is 0 Å². The van der Waals surface area contributed by atoms with Crippen molar-refractivity contribution in [1.29, 1.82) is 0 Å². The van der Waals surface area contributed by atoms with E-state index in [-0.39, 0.29) is 5.91 Å². The third kappa shape index (κ3) is 6.25. The van der Waals surface area contributed by atoms with Crippen LogP contribution in [0.15, 0.2) is 24.3 Å². The largest absolute Gasteiger partial charge is 0.399 e. The van der Waals surface area contributed by atoms with Gasteiger partial charge in [-0.25, -0.2) is 0 Å². The molecule has 0 aliphatic rings. The molecule has 0 heterocycles. The Morgan fingerprint density at radius 3 is 2.47 bits per heavy atom. The Bertz CT molecular complexity index is 387. The van der Waals surface area contributed by atoms with Crippen LogP contribution in [0, 0.1) is 5.92 Å². The van der Waals surface area contributed by atoms with E-state index in [2.05, 4.69) is 31.0 Å². The van der Waals surface area contributed by atoms with E-state index in [1.54, 1.807) is 12.1 Å². The maximum absolute atomic E-state index is 11.8. The minimum absolute atomic E-state index is 0.0481. The van der Waals surface area contributed by atoms with Crippen molar-refractivity contribution >= 4 is 17.3 Å². The van der Waals surface area contributed by atoms with Crippen LogP contribution in [0.2, 0.25) is 0 Å². The van der Waals surface area contributed by atoms with Gasteiger partial charge in [-0.2, -0.15) is 0 Å². The zero-order chi connectivity index (χ0) is 14.3. The number of anilines is 2. The zero-order valence-electron chi connectivity index (χ0n) is 12.1. The number of hydrogen-bond donors (Lipinski definition) is 2. The molecule has 0 spiro atoms. The Labute approximate surface area is 116 Å². The minimum Gasteiger partial charge on any atom is -0.399 e. The van der Waals surface area contributed by atoms with Crippen LogP contribution in [0.5, 0.6) is 0 Å². The topological polar surface area (TPSA) is 58.4 Å². The van der Waals surface area contributed by atoms with Crippen molar-refractivity contribution in [2.24, 2.45) is 5.92 Å². The average molecular weight is 263 g/mol. The van der Waals surface area contributed by atoms with E-state index in [0.717, 1.165) is 25.3 Å². The second kappa shape index (κ2) is 7.79. The Balaban J connectivity index is 2.36. The molecular formula is C15H25N3O. The van der Waals surface area contributed by atoms with Gasteiger partial charge < -0.3 is 16.0 Å². The fraction of sp³-hybridized carbons (Fsp3) is 0.533. The van der Waals surface area contributed by atoms with Gasteiger partial charge in [0.1, 0.15) is 0 Å². The molecule has 1 amide bonds. The first-order valence-electron chi connectivity index (χ1n) is 6.89. The minimum atomic E-state index is 0.0481. The smallest absolute Gasteiger partial charge is 0.225 e. The van der Waals surface area contributed by atoms with E-state index >= 15 is 0 Å². The van der Waals surface area contributed by atoms with Gasteiger partial charge in [-0.15, -0.1) is 0 Å². The van der Waals surface area contributed by atoms with Crippen molar-refractivity contribution in [3.63, 3.8) is 0 Å². The predicted octanol–water partition coefficient (Wildman–Crippen LogP) is 2.58. The molecule has 106 valence electrons. The van der Waals surface area contributed by atoms with Gasteiger partial charge in [-0.05, 0) is 36.7 Å². The molecule has 0 fully saturated rings. The van der Waals surface area contributed by atoms with E-state index in [1.807, 2.05) is 12.1 Å². The predicted molar refractivity (Wildman–Crippen MR) is 81.1 cm³/mol. The normalized spacial score (nSPS) is 11.0. The standard InChI is InChI=1S/C15H25N3O/c1-4-18(11-12(2)3)10-9-15(19)17-14-7-5-13(16)6-8-14/h5-8,12H,4,9-11,16H2,1-3H3,(H,17,19). The lowest BCUT2D eigenvalue weighted by molar-refractivity contribution is -0.116. The fourth-order valence-corrected chi connectivity index (χ4v) is 1.94. The summed E-state index contributed by atoms with van der Waals surface area (Å²) in [6.07, 6.45) is 0.519. The molecule has 4 heteroatoms. The molecule has 3 N–H and O–H groups in total. The maximum Gasteiger partial charge on any atom is 0.225 e. The molecule has 19 heavy (non-hydrogen) atoms. The first-order chi connectivity index (χ1) is 9.01. The summed E-state index contributed by atoms with van der Waals surface area (Å²) < 4.78 is 0. The van der Waals surface area contributed by atoms with Crippen LogP contribution in [0.1, 0.15) is 27.2 Å². The summed E-state index contributed by atoms with van der Waals surface area (Å²) in [4.78, 5) is 14.1. The van der Waals surface area contributed by atoms with Crippen LogP contribution < -0.4 is 11.1 Å². The molecule has 1 aromatic carbocycles. The molecule has 0 unspecified atom stereocenters. The van der Waals surface area contributed by atoms with Crippen LogP contribution in [0.25, 0.3) is 0 Å². The summed E-state index contributed by atoms with van der Waals surface area (Å²) in [5.41, 5.74) is 7.10. The van der Waals surface area contributed by atoms with Gasteiger partial charge in [0.2, 0.25) is 5.91 Å². The number of nitrogen functional groups attached to an aromatic ring is 1. The van der Waals surface area contributed by atoms with Crippen molar-refractivity contribution in [3.8, 4) is 0 Å². The summed E-state index contributed by atoms with van der Waals surface area (Å²) in [6.45, 7) is 9.32. The molecular weight excluding hydrogens is 238 g/mol. The molecule has 0 atom stereocenters. The zero-order valence-corrected chi connectivity index (χ0v) is 12.1. The van der Waals surface area contributed by atoms with Gasteiger partial charge in [0.15, 0.2) is 0 Å². The maximum atomic E-state index is 11.8. The highest BCUT2D eigenvalue weighted by atomic mass is 16.1. The van der Waals surface area contributed by atoms with Crippen molar-refractivity contribution in [3.05, 3.63) is 24.3 Å². The molecule has 0 radical (unpaired) electrons. The Morgan fingerprint density at radius 1 is 1.32 bits per heavy atom. The van der Waals surface area contributed by atoms with Crippen LogP contribution in [-0.4, -0.2) is 30.4 Å². The van der Waals surface area contributed by atoms with E-state index in [9.17, 15) is 4.79 Å². The molecule has 1 rings (SSSR count). The summed E-state index contributed by atoms with van der Waals surface area (Å²) in [5.74, 6) is 0.673. The first-order valence-corrected chi connectivity index (χ1v) is 6.89. The van der Waals surface area contributed by atoms with Crippen molar-refractivity contribution in [2.45, 2.75) is 27.2 Å². The molecule has 0 bridgehead atoms. The molecule has 0 saturated heterocycles. The lowest BCUT2D eigenvalue weighted by atomic mass is 10.2. The number of amides is 1. The molecule has 0 aliphatic carbocycles. The highest BCUT2D eigenvalue weighted by molar-refractivity contribution is 5.90. The molecule has 0 aliphatic heterocycles. The Kier molecular flexibility index (Phi) is 6.36. The third-order valence-electron chi connectivity index (χ3n) is 2.92. The number of nitrogens with two attached hydrogens (primary N) is 1. The first kappa shape index (κ1) is 15.5. The number of benzene rings is 1. The fourth-order valence-electron chi connectivity index (χ4n) is 1.94. The van der Waals surface area contributed by atoms with Gasteiger partial charge in [-0.3, -0.25) is 4.79 Å². The van der Waals surface area contributed by atoms with Crippen molar-refractivity contribution < 1.29 is 4.79 Å².